The van der Waals surface area contributed by atoms with Crippen LogP contribution in [-0.4, -0.2) is 27.8 Å². The number of carbonyl (C=O) groups excluding carboxylic acids is 3. The average Bonchev–Trinajstić information content (AvgIpc) is 3.05. The van der Waals surface area contributed by atoms with Gasteiger partial charge in [-0.2, -0.15) is 0 Å². The van der Waals surface area contributed by atoms with Crippen LogP contribution in [0.5, 0.6) is 0 Å². The van der Waals surface area contributed by atoms with E-state index in [2.05, 4.69) is 10.6 Å². The largest absolute Gasteiger partial charge is 0.368 e. The number of hydrogen-bond acceptors (Lipinski definition) is 6. The summed E-state index contributed by atoms with van der Waals surface area (Å²) in [5.74, 6) is -3.36. The van der Waals surface area contributed by atoms with Gasteiger partial charge in [-0.15, -0.1) is 0 Å². The number of anilines is 1. The molecule has 226 valence electrons. The van der Waals surface area contributed by atoms with Crippen molar-refractivity contribution in [3.05, 3.63) is 147 Å². The summed E-state index contributed by atoms with van der Waals surface area (Å²) in [6.07, 6.45) is 1.88. The predicted octanol–water partition coefficient (Wildman–Crippen LogP) is 6.85. The number of allylic oxidation sites excluding steroid dienone is 1. The van der Waals surface area contributed by atoms with Crippen LogP contribution in [0.15, 0.2) is 109 Å². The van der Waals surface area contributed by atoms with E-state index in [4.69, 9.17) is 38.9 Å². The van der Waals surface area contributed by atoms with E-state index >= 15 is 0 Å². The number of benzene rings is 4. The van der Waals surface area contributed by atoms with Crippen LogP contribution >= 0.6 is 23.2 Å². The van der Waals surface area contributed by atoms with Crippen LogP contribution in [0.3, 0.4) is 0 Å². The predicted molar refractivity (Wildman–Crippen MR) is 178 cm³/mol. The Morgan fingerprint density at radius 1 is 0.652 bits per heavy atom. The summed E-state index contributed by atoms with van der Waals surface area (Å²) in [6.45, 7) is 0. The molecule has 4 N–H and O–H groups in total. The van der Waals surface area contributed by atoms with Gasteiger partial charge in [0.1, 0.15) is 0 Å². The SMILES string of the molecule is Nc1nc2c(c(-c3ccc(Cl)cc3)n1)C(c1ccccc1)C1(C(=O)NC(=O)NC1=O)C(c1ccccc1)/C2=C/c1ccc(Cl)cc1. The minimum Gasteiger partial charge on any atom is -0.368 e. The van der Waals surface area contributed by atoms with Crippen molar-refractivity contribution in [3.8, 4) is 11.3 Å². The number of rotatable bonds is 4. The van der Waals surface area contributed by atoms with Gasteiger partial charge < -0.3 is 5.73 Å². The van der Waals surface area contributed by atoms with Crippen LogP contribution in [-0.2, 0) is 9.59 Å². The van der Waals surface area contributed by atoms with Crippen molar-refractivity contribution in [2.75, 3.05) is 5.73 Å². The highest BCUT2D eigenvalue weighted by Crippen LogP contribution is 2.62. The number of halogens is 2. The minimum absolute atomic E-state index is 0.00741. The number of hydrogen-bond donors (Lipinski definition) is 3. The van der Waals surface area contributed by atoms with Crippen LogP contribution in [0.2, 0.25) is 10.0 Å². The molecule has 0 saturated carbocycles. The van der Waals surface area contributed by atoms with E-state index in [1.807, 2.05) is 78.9 Å². The van der Waals surface area contributed by atoms with Crippen molar-refractivity contribution in [2.24, 2.45) is 5.41 Å². The van der Waals surface area contributed by atoms with Gasteiger partial charge in [0.25, 0.3) is 0 Å². The Kier molecular flexibility index (Phi) is 7.39. The first-order valence-electron chi connectivity index (χ1n) is 14.4. The number of carbonyl (C=O) groups is 3. The Hall–Kier alpha value is -5.31. The standard InChI is InChI=1S/C36H25Cl2N5O3/c37-24-15-11-20(12-16-24)19-26-28(21-7-3-1-4-8-21)36(32(44)42-35(46)43-33(36)45)29(22-9-5-2-6-10-22)27-30(40-34(39)41-31(26)27)23-13-17-25(38)18-14-23/h1-19,28-29H,(H2,39,40,41)(H2,42,43,44,45,46)/b26-19-. The number of amides is 4. The Morgan fingerprint density at radius 2 is 1.15 bits per heavy atom. The van der Waals surface area contributed by atoms with Crippen LogP contribution in [0.25, 0.3) is 22.9 Å². The molecule has 1 aliphatic heterocycles. The van der Waals surface area contributed by atoms with Crippen molar-refractivity contribution >= 4 is 58.6 Å². The number of nitrogen functional groups attached to an aromatic ring is 1. The first-order chi connectivity index (χ1) is 22.3. The molecule has 4 amide bonds. The highest BCUT2D eigenvalue weighted by molar-refractivity contribution is 6.31. The molecule has 1 spiro atoms. The van der Waals surface area contributed by atoms with E-state index in [9.17, 15) is 14.4 Å². The zero-order chi connectivity index (χ0) is 32.0. The molecule has 0 bridgehead atoms. The molecule has 10 heteroatoms. The molecule has 7 rings (SSSR count). The summed E-state index contributed by atoms with van der Waals surface area (Å²) in [5.41, 5.74) is 9.20. The lowest BCUT2D eigenvalue weighted by Crippen LogP contribution is -2.67. The van der Waals surface area contributed by atoms with Gasteiger partial charge >= 0.3 is 6.03 Å². The summed E-state index contributed by atoms with van der Waals surface area (Å²) in [6, 6.07) is 31.8. The summed E-state index contributed by atoms with van der Waals surface area (Å²) >= 11 is 12.5. The molecule has 46 heavy (non-hydrogen) atoms. The van der Waals surface area contributed by atoms with Gasteiger partial charge in [-0.3, -0.25) is 20.2 Å². The molecule has 8 nitrogen and oxygen atoms in total. The number of imide groups is 2. The third-order valence-electron chi connectivity index (χ3n) is 8.53. The minimum atomic E-state index is -1.91. The molecule has 2 unspecified atom stereocenters. The molecule has 5 aromatic rings. The fraction of sp³-hybridized carbons (Fsp3) is 0.0833. The number of nitrogens with two attached hydrogens (primary N) is 1. The maximum absolute atomic E-state index is 14.7. The number of fused-ring (bicyclic) bond motifs is 1. The van der Waals surface area contributed by atoms with E-state index in [1.165, 1.54) is 0 Å². The Labute approximate surface area is 274 Å². The van der Waals surface area contributed by atoms with E-state index in [-0.39, 0.29) is 5.95 Å². The molecule has 1 aliphatic carbocycles. The molecule has 2 heterocycles. The molecular weight excluding hydrogens is 621 g/mol. The van der Waals surface area contributed by atoms with Crippen molar-refractivity contribution in [3.63, 3.8) is 0 Å². The Balaban J connectivity index is 1.68. The second kappa shape index (κ2) is 11.6. The van der Waals surface area contributed by atoms with E-state index in [0.717, 1.165) is 5.56 Å². The zero-order valence-electron chi connectivity index (χ0n) is 24.1. The van der Waals surface area contributed by atoms with E-state index in [0.29, 0.717) is 49.3 Å². The van der Waals surface area contributed by atoms with Crippen LogP contribution in [0.4, 0.5) is 10.7 Å². The third kappa shape index (κ3) is 4.83. The van der Waals surface area contributed by atoms with Crippen molar-refractivity contribution in [1.82, 2.24) is 20.6 Å². The normalized spacial score (nSPS) is 19.4. The van der Waals surface area contributed by atoms with Crippen molar-refractivity contribution in [1.29, 1.82) is 0 Å². The lowest BCUT2D eigenvalue weighted by atomic mass is 9.52. The highest BCUT2D eigenvalue weighted by atomic mass is 35.5. The lowest BCUT2D eigenvalue weighted by molar-refractivity contribution is -0.146. The van der Waals surface area contributed by atoms with Crippen molar-refractivity contribution in [2.45, 2.75) is 11.8 Å². The number of nitrogens with zero attached hydrogens (tertiary/aromatic N) is 2. The zero-order valence-corrected chi connectivity index (χ0v) is 25.6. The van der Waals surface area contributed by atoms with E-state index < -0.39 is 35.1 Å². The average molecular weight is 647 g/mol. The van der Waals surface area contributed by atoms with Gasteiger partial charge in [-0.25, -0.2) is 14.8 Å². The second-order valence-electron chi connectivity index (χ2n) is 11.1. The molecule has 1 saturated heterocycles. The lowest BCUT2D eigenvalue weighted by Gasteiger charge is -2.50. The van der Waals surface area contributed by atoms with Gasteiger partial charge in [0.05, 0.1) is 11.4 Å². The second-order valence-corrected chi connectivity index (χ2v) is 12.0. The van der Waals surface area contributed by atoms with Gasteiger partial charge in [0, 0.05) is 33.0 Å². The topological polar surface area (TPSA) is 127 Å². The maximum atomic E-state index is 14.7. The fourth-order valence-electron chi connectivity index (χ4n) is 6.71. The Bertz CT molecular complexity index is 2010. The molecular formula is C36H25Cl2N5O3. The first-order valence-corrected chi connectivity index (χ1v) is 15.2. The molecule has 0 radical (unpaired) electrons. The quantitative estimate of drug-likeness (QED) is 0.183. The first kappa shape index (κ1) is 29.4. The van der Waals surface area contributed by atoms with E-state index in [1.54, 1.807) is 36.4 Å². The monoisotopic (exact) mass is 645 g/mol. The van der Waals surface area contributed by atoms with Gasteiger partial charge in [0.2, 0.25) is 17.8 Å². The van der Waals surface area contributed by atoms with Gasteiger partial charge in [-0.05, 0) is 52.6 Å². The number of aromatic nitrogens is 2. The summed E-state index contributed by atoms with van der Waals surface area (Å²) in [5, 5.41) is 5.94. The molecule has 2 atom stereocenters. The molecule has 2 aliphatic rings. The van der Waals surface area contributed by atoms with Crippen LogP contribution in [0, 0.1) is 5.41 Å². The summed E-state index contributed by atoms with van der Waals surface area (Å²) in [4.78, 5) is 51.5. The van der Waals surface area contributed by atoms with Crippen LogP contribution < -0.4 is 16.4 Å². The summed E-state index contributed by atoms with van der Waals surface area (Å²) < 4.78 is 0. The van der Waals surface area contributed by atoms with Gasteiger partial charge in [-0.1, -0.05) is 108 Å². The van der Waals surface area contributed by atoms with Gasteiger partial charge in [0.15, 0.2) is 5.41 Å². The van der Waals surface area contributed by atoms with Crippen LogP contribution in [0.1, 0.15) is 39.8 Å². The number of urea groups is 1. The summed E-state index contributed by atoms with van der Waals surface area (Å²) in [7, 11) is 0. The van der Waals surface area contributed by atoms with Crippen molar-refractivity contribution < 1.29 is 14.4 Å². The number of barbiturate groups is 1. The smallest absolute Gasteiger partial charge is 0.328 e. The highest BCUT2D eigenvalue weighted by Gasteiger charge is 2.65. The molecule has 4 aromatic carbocycles. The maximum Gasteiger partial charge on any atom is 0.328 e. The number of nitrogens with one attached hydrogen (secondary N) is 2. The fourth-order valence-corrected chi connectivity index (χ4v) is 6.96. The molecule has 1 fully saturated rings. The third-order valence-corrected chi connectivity index (χ3v) is 9.03. The molecule has 1 aromatic heterocycles. The Morgan fingerprint density at radius 3 is 1.72 bits per heavy atom.